The molecule has 0 saturated carbocycles. The minimum Gasteiger partial charge on any atom is -0.368 e. The monoisotopic (exact) mass is 434 g/mol. The van der Waals surface area contributed by atoms with Crippen LogP contribution in [0, 0.1) is 0 Å². The number of hydrazone groups is 1. The zero-order valence-corrected chi connectivity index (χ0v) is 17.6. The molecule has 1 amide bonds. The van der Waals surface area contributed by atoms with Crippen LogP contribution < -0.4 is 10.7 Å². The van der Waals surface area contributed by atoms with Crippen LogP contribution in [-0.4, -0.2) is 47.1 Å². The highest BCUT2D eigenvalue weighted by Gasteiger charge is 2.26. The second-order valence-corrected chi connectivity index (χ2v) is 9.03. The summed E-state index contributed by atoms with van der Waals surface area (Å²) in [5.74, 6) is 0.721. The van der Waals surface area contributed by atoms with Gasteiger partial charge in [0.15, 0.2) is 6.23 Å². The van der Waals surface area contributed by atoms with Gasteiger partial charge in [-0.3, -0.25) is 10.2 Å². The molecular formula is C20H27BrN4O2. The Kier molecular flexibility index (Phi) is 5.91. The quantitative estimate of drug-likeness (QED) is 0.668. The van der Waals surface area contributed by atoms with Crippen molar-refractivity contribution in [3.05, 3.63) is 46.0 Å². The molecule has 0 radical (unpaired) electrons. The molecule has 3 rings (SSSR count). The van der Waals surface area contributed by atoms with Crippen molar-refractivity contribution in [1.82, 2.24) is 15.6 Å². The van der Waals surface area contributed by atoms with E-state index < -0.39 is 6.23 Å². The van der Waals surface area contributed by atoms with E-state index >= 15 is 0 Å². The maximum Gasteiger partial charge on any atom is 0.251 e. The average Bonchev–Trinajstić information content (AvgIpc) is 2.63. The van der Waals surface area contributed by atoms with Crippen molar-refractivity contribution < 1.29 is 9.90 Å². The highest BCUT2D eigenvalue weighted by atomic mass is 79.9. The maximum absolute atomic E-state index is 12.6. The maximum atomic E-state index is 12.6. The summed E-state index contributed by atoms with van der Waals surface area (Å²) < 4.78 is 0.651. The number of aliphatic hydroxyl groups excluding tert-OH is 1. The Labute approximate surface area is 168 Å². The Morgan fingerprint density at radius 2 is 2.04 bits per heavy atom. The van der Waals surface area contributed by atoms with Crippen LogP contribution >= 0.6 is 15.9 Å². The van der Waals surface area contributed by atoms with Gasteiger partial charge in [-0.05, 0) is 42.0 Å². The van der Waals surface area contributed by atoms with Crippen LogP contribution in [0.5, 0.6) is 0 Å². The summed E-state index contributed by atoms with van der Waals surface area (Å²) in [6.07, 6.45) is 2.93. The number of likely N-dealkylation sites (tertiary alicyclic amines) is 1. The standard InChI is InChI=1S/C20H27BrN4O2/c1-20(2,3)14-8-6-13(7-9-14)18(26)22-15-5-4-10-25(12-15)17-11-16(21)19(27)24-23-17/h6-9,11,15,19,24,27H,4-5,10,12H2,1-3H3,(H,22,26). The molecule has 2 heterocycles. The van der Waals surface area contributed by atoms with Gasteiger partial charge < -0.3 is 15.3 Å². The van der Waals surface area contributed by atoms with Crippen LogP contribution in [0.2, 0.25) is 0 Å². The van der Waals surface area contributed by atoms with Gasteiger partial charge in [-0.15, -0.1) is 0 Å². The number of amidine groups is 1. The van der Waals surface area contributed by atoms with Crippen molar-refractivity contribution in [2.24, 2.45) is 5.10 Å². The molecule has 0 bridgehead atoms. The Bertz CT molecular complexity index is 752. The number of benzene rings is 1. The molecule has 27 heavy (non-hydrogen) atoms. The first-order valence-corrected chi connectivity index (χ1v) is 10.1. The van der Waals surface area contributed by atoms with E-state index in [4.69, 9.17) is 0 Å². The first kappa shape index (κ1) is 19.9. The SMILES string of the molecule is CC(C)(C)c1ccc(C(=O)NC2CCCN(C3=NNC(O)C(Br)=C3)C2)cc1. The number of nitrogens with one attached hydrogen (secondary N) is 2. The first-order valence-electron chi connectivity index (χ1n) is 9.29. The van der Waals surface area contributed by atoms with Crippen molar-refractivity contribution in [1.29, 1.82) is 0 Å². The minimum atomic E-state index is -0.801. The predicted octanol–water partition coefficient (Wildman–Crippen LogP) is 2.69. The van der Waals surface area contributed by atoms with E-state index in [0.29, 0.717) is 16.6 Å². The third kappa shape index (κ3) is 4.90. The van der Waals surface area contributed by atoms with E-state index in [9.17, 15) is 9.90 Å². The number of piperidine rings is 1. The fraction of sp³-hybridized carbons (Fsp3) is 0.500. The molecule has 2 atom stereocenters. The van der Waals surface area contributed by atoms with Gasteiger partial charge in [0, 0.05) is 29.2 Å². The van der Waals surface area contributed by atoms with Gasteiger partial charge in [0.2, 0.25) is 0 Å². The highest BCUT2D eigenvalue weighted by Crippen LogP contribution is 2.22. The van der Waals surface area contributed by atoms with Crippen LogP contribution in [0.3, 0.4) is 0 Å². The van der Waals surface area contributed by atoms with E-state index in [1.54, 1.807) is 0 Å². The molecule has 1 aromatic rings. The van der Waals surface area contributed by atoms with Gasteiger partial charge in [-0.1, -0.05) is 48.8 Å². The summed E-state index contributed by atoms with van der Waals surface area (Å²) in [5, 5.41) is 17.0. The number of amides is 1. The summed E-state index contributed by atoms with van der Waals surface area (Å²) in [7, 11) is 0. The zero-order chi connectivity index (χ0) is 19.6. The van der Waals surface area contributed by atoms with E-state index in [-0.39, 0.29) is 17.4 Å². The Morgan fingerprint density at radius 1 is 1.33 bits per heavy atom. The number of hydrogen-bond acceptors (Lipinski definition) is 5. The van der Waals surface area contributed by atoms with Gasteiger partial charge >= 0.3 is 0 Å². The molecule has 7 heteroatoms. The number of aliphatic hydroxyl groups is 1. The summed E-state index contributed by atoms with van der Waals surface area (Å²) in [6, 6.07) is 7.91. The Hall–Kier alpha value is -1.86. The molecule has 2 unspecified atom stereocenters. The fourth-order valence-corrected chi connectivity index (χ4v) is 3.59. The molecule has 6 nitrogen and oxygen atoms in total. The highest BCUT2D eigenvalue weighted by molar-refractivity contribution is 9.11. The van der Waals surface area contributed by atoms with Crippen LogP contribution in [-0.2, 0) is 5.41 Å². The van der Waals surface area contributed by atoms with Crippen LogP contribution in [0.1, 0.15) is 49.5 Å². The third-order valence-electron chi connectivity index (χ3n) is 4.92. The van der Waals surface area contributed by atoms with Crippen LogP contribution in [0.4, 0.5) is 0 Å². The smallest absolute Gasteiger partial charge is 0.251 e. The largest absolute Gasteiger partial charge is 0.368 e. The molecule has 0 spiro atoms. The molecule has 0 aromatic heterocycles. The molecule has 3 N–H and O–H groups in total. The third-order valence-corrected chi connectivity index (χ3v) is 5.59. The normalized spacial score (nSPS) is 23.2. The lowest BCUT2D eigenvalue weighted by Crippen LogP contribution is -2.50. The number of halogens is 1. The van der Waals surface area contributed by atoms with Crippen molar-refractivity contribution >= 4 is 27.7 Å². The van der Waals surface area contributed by atoms with Gasteiger partial charge in [0.05, 0.1) is 0 Å². The first-order chi connectivity index (χ1) is 12.7. The van der Waals surface area contributed by atoms with E-state index in [0.717, 1.165) is 25.2 Å². The van der Waals surface area contributed by atoms with Crippen LogP contribution in [0.25, 0.3) is 0 Å². The fourth-order valence-electron chi connectivity index (χ4n) is 3.28. The predicted molar refractivity (Wildman–Crippen MR) is 111 cm³/mol. The lowest BCUT2D eigenvalue weighted by molar-refractivity contribution is 0.0920. The van der Waals surface area contributed by atoms with Crippen molar-refractivity contribution in [3.63, 3.8) is 0 Å². The Balaban J connectivity index is 1.61. The van der Waals surface area contributed by atoms with E-state index in [1.165, 1.54) is 5.56 Å². The van der Waals surface area contributed by atoms with E-state index in [1.807, 2.05) is 30.3 Å². The molecule has 2 aliphatic heterocycles. The van der Waals surface area contributed by atoms with E-state index in [2.05, 4.69) is 57.4 Å². The Morgan fingerprint density at radius 3 is 2.67 bits per heavy atom. The van der Waals surface area contributed by atoms with Gasteiger partial charge in [0.1, 0.15) is 5.84 Å². The topological polar surface area (TPSA) is 77.0 Å². The average molecular weight is 435 g/mol. The van der Waals surface area contributed by atoms with Crippen molar-refractivity contribution in [2.45, 2.75) is 51.3 Å². The summed E-state index contributed by atoms with van der Waals surface area (Å²) >= 11 is 3.34. The van der Waals surface area contributed by atoms with Crippen LogP contribution in [0.15, 0.2) is 39.9 Å². The van der Waals surface area contributed by atoms with Gasteiger partial charge in [-0.2, -0.15) is 5.10 Å². The number of rotatable bonds is 2. The second kappa shape index (κ2) is 8.02. The molecule has 146 valence electrons. The number of nitrogens with zero attached hydrogens (tertiary/aromatic N) is 2. The lowest BCUT2D eigenvalue weighted by atomic mass is 9.86. The number of hydrogen-bond donors (Lipinski definition) is 3. The van der Waals surface area contributed by atoms with Crippen molar-refractivity contribution in [3.8, 4) is 0 Å². The van der Waals surface area contributed by atoms with Gasteiger partial charge in [0.25, 0.3) is 5.91 Å². The molecule has 1 saturated heterocycles. The van der Waals surface area contributed by atoms with Crippen molar-refractivity contribution in [2.75, 3.05) is 13.1 Å². The molecule has 1 fully saturated rings. The summed E-state index contributed by atoms with van der Waals surface area (Å²) in [6.45, 7) is 8.05. The summed E-state index contributed by atoms with van der Waals surface area (Å²) in [4.78, 5) is 14.7. The summed E-state index contributed by atoms with van der Waals surface area (Å²) in [5.41, 5.74) is 4.65. The second-order valence-electron chi connectivity index (χ2n) is 8.12. The molecule has 0 aliphatic carbocycles. The number of carbonyl (C=O) groups excluding carboxylic acids is 1. The molecular weight excluding hydrogens is 408 g/mol. The zero-order valence-electron chi connectivity index (χ0n) is 16.0. The molecule has 1 aromatic carbocycles. The van der Waals surface area contributed by atoms with Gasteiger partial charge in [-0.25, -0.2) is 0 Å². The minimum absolute atomic E-state index is 0.0434. The lowest BCUT2D eigenvalue weighted by Gasteiger charge is -2.35. The number of carbonyl (C=O) groups is 1. The molecule has 2 aliphatic rings.